The lowest BCUT2D eigenvalue weighted by atomic mass is 10.1. The molecule has 0 atom stereocenters. The first-order chi connectivity index (χ1) is 33.3. The Balaban J connectivity index is 0.958. The Morgan fingerprint density at radius 3 is 1.59 bits per heavy atom. The number of alkyl carbamates (subject to hydrolysis) is 1. The number of fused-ring (bicyclic) bond motifs is 1. The van der Waals surface area contributed by atoms with Gasteiger partial charge in [-0.1, -0.05) is 6.92 Å². The van der Waals surface area contributed by atoms with Crippen molar-refractivity contribution in [2.24, 2.45) is 10.7 Å². The van der Waals surface area contributed by atoms with Crippen LogP contribution in [0.15, 0.2) is 35.0 Å². The van der Waals surface area contributed by atoms with E-state index < -0.39 is 23.8 Å². The molecule has 3 rings (SSSR count). The molecule has 2 aliphatic rings. The Morgan fingerprint density at radius 2 is 1.10 bits per heavy atom. The monoisotopic (exact) mass is 968 g/mol. The van der Waals surface area contributed by atoms with E-state index in [1.165, 1.54) is 11.3 Å². The second-order valence-corrected chi connectivity index (χ2v) is 14.1. The average molecular weight is 969 g/mol. The number of ether oxygens (including phenoxy) is 11. The minimum absolute atomic E-state index is 0.0448. The van der Waals surface area contributed by atoms with Gasteiger partial charge in [-0.25, -0.2) is 14.9 Å². The number of carbonyl (C=O) groups excluding carboxylic acids is 5. The van der Waals surface area contributed by atoms with Gasteiger partial charge in [0.25, 0.3) is 17.7 Å². The highest BCUT2D eigenvalue weighted by atomic mass is 16.7. The van der Waals surface area contributed by atoms with Crippen molar-refractivity contribution in [1.82, 2.24) is 30.8 Å². The first kappa shape index (κ1) is 57.3. The minimum atomic E-state index is -0.635. The van der Waals surface area contributed by atoms with Crippen molar-refractivity contribution in [1.29, 1.82) is 0 Å². The highest BCUT2D eigenvalue weighted by Gasteiger charge is 2.25. The molecule has 0 aliphatic carbocycles. The number of nitrogens with two attached hydrogens (primary N) is 1. The quantitative estimate of drug-likeness (QED) is 0.0417. The van der Waals surface area contributed by atoms with Crippen molar-refractivity contribution in [2.45, 2.75) is 19.8 Å². The van der Waals surface area contributed by atoms with Gasteiger partial charge < -0.3 is 68.5 Å². The van der Waals surface area contributed by atoms with E-state index >= 15 is 0 Å². The molecular formula is C43H68N8O17. The van der Waals surface area contributed by atoms with Gasteiger partial charge in [0.2, 0.25) is 5.91 Å². The molecule has 0 radical (unpaired) electrons. The Morgan fingerprint density at radius 1 is 0.647 bits per heavy atom. The number of aromatic nitrogens is 2. The van der Waals surface area contributed by atoms with E-state index in [0.29, 0.717) is 149 Å². The molecule has 0 unspecified atom stereocenters. The van der Waals surface area contributed by atoms with E-state index in [2.05, 4.69) is 25.8 Å². The molecule has 25 heteroatoms. The van der Waals surface area contributed by atoms with Crippen molar-refractivity contribution >= 4 is 47.5 Å². The van der Waals surface area contributed by atoms with Crippen LogP contribution in [0.5, 0.6) is 0 Å². The van der Waals surface area contributed by atoms with Crippen molar-refractivity contribution in [3.63, 3.8) is 0 Å². The van der Waals surface area contributed by atoms with Gasteiger partial charge in [-0.3, -0.25) is 28.9 Å². The summed E-state index contributed by atoms with van der Waals surface area (Å²) in [5, 5.41) is 14.2. The number of rotatable bonds is 42. The number of hydroxylamine groups is 2. The minimum Gasteiger partial charge on any atom is -0.447 e. The summed E-state index contributed by atoms with van der Waals surface area (Å²) in [7, 11) is 0. The second kappa shape index (κ2) is 37.9. The Labute approximate surface area is 396 Å². The molecule has 0 saturated carbocycles. The molecule has 4 N–H and O–H groups in total. The summed E-state index contributed by atoms with van der Waals surface area (Å²) in [6.45, 7) is 10.3. The van der Waals surface area contributed by atoms with Gasteiger partial charge in [-0.05, 0) is 18.6 Å². The molecule has 5 amide bonds. The number of carbonyl (C=O) groups is 5. The van der Waals surface area contributed by atoms with Crippen molar-refractivity contribution in [3.05, 3.63) is 35.6 Å². The molecule has 2 aliphatic heterocycles. The topological polar surface area (TPSA) is 291 Å². The fraction of sp³-hybridized carbons (Fsp3) is 0.674. The van der Waals surface area contributed by atoms with Crippen molar-refractivity contribution < 1.29 is 80.9 Å². The lowest BCUT2D eigenvalue weighted by Gasteiger charge is -2.22. The van der Waals surface area contributed by atoms with Crippen LogP contribution in [0, 0.1) is 0 Å². The van der Waals surface area contributed by atoms with E-state index in [0.717, 1.165) is 17.1 Å². The third-order valence-corrected chi connectivity index (χ3v) is 8.81. The molecule has 0 saturated heterocycles. The number of hydrogen-bond acceptors (Lipinski definition) is 21. The van der Waals surface area contributed by atoms with E-state index in [9.17, 15) is 24.0 Å². The zero-order chi connectivity index (χ0) is 48.7. The molecule has 0 aromatic carbocycles. The largest absolute Gasteiger partial charge is 0.447 e. The highest BCUT2D eigenvalue weighted by molar-refractivity contribution is 6.14. The standard InChI is InChI=1S/C43H68N8O17/c1-2-9-51(42(55)36-32-35-5-6-47-49-41(35)48-37(44)33-36)68-11-8-46-43(56)67-31-30-66-29-28-65-27-26-64-25-24-63-23-22-62-21-20-61-19-18-60-17-16-59-15-14-58-13-12-57-10-7-45-38(52)34-50-39(53)3-4-40(50)54/h3-6,32H,2,7-31,33-34H2,1H3,(H,45,52)(H,46,56)(H2,44,48,49). The maximum Gasteiger partial charge on any atom is 0.407 e. The van der Waals surface area contributed by atoms with Gasteiger partial charge in [0, 0.05) is 49.3 Å². The third kappa shape index (κ3) is 27.1. The van der Waals surface area contributed by atoms with Crippen LogP contribution in [0.2, 0.25) is 0 Å². The number of aliphatic imine (C=N–C) groups is 1. The molecule has 1 aromatic rings. The number of nitrogens with one attached hydrogen (secondary N) is 2. The van der Waals surface area contributed by atoms with Crippen LogP contribution >= 0.6 is 0 Å². The van der Waals surface area contributed by atoms with Gasteiger partial charge in [0.05, 0.1) is 145 Å². The number of imide groups is 1. The molecule has 1 aromatic heterocycles. The lowest BCUT2D eigenvalue weighted by molar-refractivity contribution is -0.181. The van der Waals surface area contributed by atoms with Crippen LogP contribution in [0.1, 0.15) is 25.3 Å². The van der Waals surface area contributed by atoms with Crippen LogP contribution < -0.4 is 16.4 Å². The molecule has 25 nitrogen and oxygen atoms in total. The molecular weight excluding hydrogens is 901 g/mol. The normalized spacial score (nSPS) is 13.3. The van der Waals surface area contributed by atoms with Gasteiger partial charge in [-0.15, -0.1) is 5.10 Å². The van der Waals surface area contributed by atoms with Crippen LogP contribution in [0.25, 0.3) is 6.08 Å². The fourth-order valence-corrected chi connectivity index (χ4v) is 5.55. The SMILES string of the molecule is CCCN(OCCNC(=O)OCCOCCOCCOCCOCCOCCOCCOCCOCCOCCOCCNC(=O)CN1C(=O)C=CC1=O)C(=O)C1=Cc2ccnnc2N=C(N)C1. The maximum atomic E-state index is 13.2. The van der Waals surface area contributed by atoms with Crippen molar-refractivity contribution in [2.75, 3.05) is 172 Å². The van der Waals surface area contributed by atoms with Crippen LogP contribution in [0.4, 0.5) is 10.6 Å². The third-order valence-electron chi connectivity index (χ3n) is 8.81. The van der Waals surface area contributed by atoms with Gasteiger partial charge in [0.15, 0.2) is 5.82 Å². The molecule has 68 heavy (non-hydrogen) atoms. The van der Waals surface area contributed by atoms with Gasteiger partial charge >= 0.3 is 6.09 Å². The summed E-state index contributed by atoms with van der Waals surface area (Å²) in [5.74, 6) is -1.21. The maximum absolute atomic E-state index is 13.2. The Hall–Kier alpha value is -5.06. The number of amidine groups is 1. The number of nitrogens with zero attached hydrogens (tertiary/aromatic N) is 5. The lowest BCUT2D eigenvalue weighted by Crippen LogP contribution is -2.41. The average Bonchev–Trinajstić information content (AvgIpc) is 3.53. The zero-order valence-corrected chi connectivity index (χ0v) is 38.9. The Bertz CT molecular complexity index is 1690. The molecule has 0 bridgehead atoms. The first-order valence-corrected chi connectivity index (χ1v) is 22.6. The first-order valence-electron chi connectivity index (χ1n) is 22.6. The number of hydrogen-bond donors (Lipinski definition) is 3. The van der Waals surface area contributed by atoms with Crippen molar-refractivity contribution in [3.8, 4) is 0 Å². The summed E-state index contributed by atoms with van der Waals surface area (Å²) in [6.07, 6.45) is 5.60. The van der Waals surface area contributed by atoms with Gasteiger partial charge in [0.1, 0.15) is 19.0 Å². The van der Waals surface area contributed by atoms with E-state index in [-0.39, 0.29) is 64.2 Å². The molecule has 382 valence electrons. The van der Waals surface area contributed by atoms with E-state index in [1.807, 2.05) is 6.92 Å². The number of amides is 5. The Kier molecular flexibility index (Phi) is 31.9. The molecule has 3 heterocycles. The molecule has 0 fully saturated rings. The summed E-state index contributed by atoms with van der Waals surface area (Å²) in [5.41, 5.74) is 7.02. The van der Waals surface area contributed by atoms with Gasteiger partial charge in [-0.2, -0.15) is 5.10 Å². The molecule has 0 spiro atoms. The predicted molar refractivity (Wildman–Crippen MR) is 240 cm³/mol. The predicted octanol–water partition coefficient (Wildman–Crippen LogP) is -0.644. The van der Waals surface area contributed by atoms with Crippen LogP contribution in [0.3, 0.4) is 0 Å². The second-order valence-electron chi connectivity index (χ2n) is 14.1. The van der Waals surface area contributed by atoms with E-state index in [4.69, 9.17) is 62.7 Å². The van der Waals surface area contributed by atoms with E-state index in [1.54, 1.807) is 12.1 Å². The summed E-state index contributed by atoms with van der Waals surface area (Å²) < 4.78 is 59.7. The van der Waals surface area contributed by atoms with Crippen LogP contribution in [-0.2, 0) is 76.1 Å². The van der Waals surface area contributed by atoms with Crippen LogP contribution in [-0.4, -0.2) is 227 Å². The fourth-order valence-electron chi connectivity index (χ4n) is 5.55. The summed E-state index contributed by atoms with van der Waals surface area (Å²) in [6, 6.07) is 1.70. The highest BCUT2D eigenvalue weighted by Crippen LogP contribution is 2.24. The zero-order valence-electron chi connectivity index (χ0n) is 38.9. The summed E-state index contributed by atoms with van der Waals surface area (Å²) >= 11 is 0. The smallest absolute Gasteiger partial charge is 0.407 e. The summed E-state index contributed by atoms with van der Waals surface area (Å²) in [4.78, 5) is 70.7.